The Morgan fingerprint density at radius 1 is 1.19 bits per heavy atom. The minimum atomic E-state index is -0.468. The topological polar surface area (TPSA) is 54.3 Å². The van der Waals surface area contributed by atoms with E-state index in [9.17, 15) is 14.0 Å². The highest BCUT2D eigenvalue weighted by atomic mass is 19.1. The van der Waals surface area contributed by atoms with Crippen molar-refractivity contribution in [3.05, 3.63) is 75.1 Å². The van der Waals surface area contributed by atoms with Gasteiger partial charge in [0, 0.05) is 23.0 Å². The molecule has 0 saturated heterocycles. The van der Waals surface area contributed by atoms with E-state index in [0.717, 1.165) is 11.4 Å². The maximum absolute atomic E-state index is 13.3. The van der Waals surface area contributed by atoms with E-state index < -0.39 is 5.82 Å². The molecule has 2 heterocycles. The molecular weight excluding hydrogens is 271 g/mol. The van der Waals surface area contributed by atoms with Gasteiger partial charge in [0.2, 0.25) is 0 Å². The summed E-state index contributed by atoms with van der Waals surface area (Å²) in [6, 6.07) is 8.33. The van der Waals surface area contributed by atoms with Gasteiger partial charge in [-0.25, -0.2) is 4.39 Å². The van der Waals surface area contributed by atoms with Gasteiger partial charge in [0.25, 0.3) is 5.56 Å². The highest BCUT2D eigenvalue weighted by molar-refractivity contribution is 6.12. The molecule has 0 fully saturated rings. The fourth-order valence-electron chi connectivity index (χ4n) is 2.40. The first-order valence-electron chi connectivity index (χ1n) is 6.50. The number of fused-ring (bicyclic) bond motifs is 1. The molecule has 0 amide bonds. The first-order valence-corrected chi connectivity index (χ1v) is 6.50. The monoisotopic (exact) mass is 284 g/mol. The first kappa shape index (κ1) is 13.3. The van der Waals surface area contributed by atoms with Gasteiger partial charge in [0.1, 0.15) is 11.5 Å². The molecule has 1 aromatic carbocycles. The highest BCUT2D eigenvalue weighted by Gasteiger charge is 2.17. The molecule has 21 heavy (non-hydrogen) atoms. The van der Waals surface area contributed by atoms with Crippen LogP contribution in [0.25, 0.3) is 5.65 Å². The summed E-state index contributed by atoms with van der Waals surface area (Å²) < 4.78 is 14.7. The number of pyridine rings is 1. The molecular formula is C16H13FN2O2. The number of aromatic amines is 1. The van der Waals surface area contributed by atoms with Crippen LogP contribution in [-0.4, -0.2) is 15.2 Å². The molecule has 3 aromatic rings. The SMILES string of the molecule is Cc1[nH]c2c(C(=O)c3cccc(F)c3)ccc(=O)n2c1C. The zero-order chi connectivity index (χ0) is 15.1. The van der Waals surface area contributed by atoms with Crippen LogP contribution in [0.15, 0.2) is 41.2 Å². The Labute approximate surface area is 119 Å². The number of nitrogens with zero attached hydrogens (tertiary/aromatic N) is 1. The van der Waals surface area contributed by atoms with E-state index in [1.807, 2.05) is 6.92 Å². The quantitative estimate of drug-likeness (QED) is 0.735. The standard InChI is InChI=1S/C16H13FN2O2/c1-9-10(2)19-14(20)7-6-13(16(19)18-9)15(21)11-4-3-5-12(17)8-11/h3-8,18H,1-2H3. The number of ketones is 1. The molecule has 0 unspecified atom stereocenters. The smallest absolute Gasteiger partial charge is 0.256 e. The lowest BCUT2D eigenvalue weighted by Gasteiger charge is -2.04. The lowest BCUT2D eigenvalue weighted by molar-refractivity contribution is 0.103. The molecule has 0 aliphatic rings. The summed E-state index contributed by atoms with van der Waals surface area (Å²) in [6.45, 7) is 3.63. The Hall–Kier alpha value is -2.69. The molecule has 0 saturated carbocycles. The average Bonchev–Trinajstić information content (AvgIpc) is 2.75. The van der Waals surface area contributed by atoms with E-state index in [1.165, 1.54) is 34.7 Å². The van der Waals surface area contributed by atoms with Crippen molar-refractivity contribution in [3.63, 3.8) is 0 Å². The molecule has 0 spiro atoms. The van der Waals surface area contributed by atoms with E-state index in [1.54, 1.807) is 13.0 Å². The largest absolute Gasteiger partial charge is 0.343 e. The van der Waals surface area contributed by atoms with Crippen molar-refractivity contribution in [2.45, 2.75) is 13.8 Å². The summed E-state index contributed by atoms with van der Waals surface area (Å²) in [5.41, 5.74) is 2.39. The molecule has 3 rings (SSSR count). The summed E-state index contributed by atoms with van der Waals surface area (Å²) in [5, 5.41) is 0. The van der Waals surface area contributed by atoms with Gasteiger partial charge in [0.05, 0.1) is 5.56 Å². The van der Waals surface area contributed by atoms with Crippen LogP contribution in [0.2, 0.25) is 0 Å². The fourth-order valence-corrected chi connectivity index (χ4v) is 2.40. The first-order chi connectivity index (χ1) is 9.99. The number of hydrogen-bond donors (Lipinski definition) is 1. The second kappa shape index (κ2) is 4.70. The van der Waals surface area contributed by atoms with E-state index in [4.69, 9.17) is 0 Å². The molecule has 0 aliphatic heterocycles. The van der Waals surface area contributed by atoms with Gasteiger partial charge in [0.15, 0.2) is 5.78 Å². The van der Waals surface area contributed by atoms with E-state index in [-0.39, 0.29) is 16.9 Å². The number of benzene rings is 1. The molecule has 5 heteroatoms. The fraction of sp³-hybridized carbons (Fsp3) is 0.125. The van der Waals surface area contributed by atoms with Gasteiger partial charge < -0.3 is 4.98 Å². The van der Waals surface area contributed by atoms with Crippen molar-refractivity contribution in [2.75, 3.05) is 0 Å². The predicted octanol–water partition coefficient (Wildman–Crippen LogP) is 2.61. The van der Waals surface area contributed by atoms with Crippen LogP contribution in [0.4, 0.5) is 4.39 Å². The number of nitrogens with one attached hydrogen (secondary N) is 1. The third kappa shape index (κ3) is 2.07. The molecule has 106 valence electrons. The Kier molecular flexibility index (Phi) is 2.97. The predicted molar refractivity (Wildman–Crippen MR) is 77.3 cm³/mol. The van der Waals surface area contributed by atoms with Crippen molar-refractivity contribution in [3.8, 4) is 0 Å². The Balaban J connectivity index is 2.26. The minimum Gasteiger partial charge on any atom is -0.343 e. The van der Waals surface area contributed by atoms with Crippen molar-refractivity contribution in [2.24, 2.45) is 0 Å². The second-order valence-electron chi connectivity index (χ2n) is 4.94. The summed E-state index contributed by atoms with van der Waals surface area (Å²) in [4.78, 5) is 27.5. The Morgan fingerprint density at radius 3 is 2.67 bits per heavy atom. The van der Waals surface area contributed by atoms with Crippen LogP contribution < -0.4 is 5.56 Å². The summed E-state index contributed by atoms with van der Waals surface area (Å²) in [6.07, 6.45) is 0. The number of imidazole rings is 1. The summed E-state index contributed by atoms with van der Waals surface area (Å²) in [7, 11) is 0. The number of carbonyl (C=O) groups is 1. The van der Waals surface area contributed by atoms with Crippen LogP contribution in [0.3, 0.4) is 0 Å². The number of aromatic nitrogens is 2. The van der Waals surface area contributed by atoms with Crippen LogP contribution >= 0.6 is 0 Å². The molecule has 0 atom stereocenters. The van der Waals surface area contributed by atoms with Gasteiger partial charge >= 0.3 is 0 Å². The third-order valence-corrected chi connectivity index (χ3v) is 3.61. The molecule has 1 N–H and O–H groups in total. The van der Waals surface area contributed by atoms with Crippen LogP contribution in [0.1, 0.15) is 27.3 Å². The van der Waals surface area contributed by atoms with E-state index in [2.05, 4.69) is 4.98 Å². The second-order valence-corrected chi connectivity index (χ2v) is 4.94. The molecule has 0 bridgehead atoms. The van der Waals surface area contributed by atoms with Gasteiger partial charge in [-0.05, 0) is 32.0 Å². The normalized spacial score (nSPS) is 11.0. The Bertz CT molecular complexity index is 922. The number of rotatable bonds is 2. The van der Waals surface area contributed by atoms with Crippen molar-refractivity contribution in [1.29, 1.82) is 0 Å². The number of aryl methyl sites for hydroxylation is 2. The minimum absolute atomic E-state index is 0.206. The maximum atomic E-state index is 13.3. The summed E-state index contributed by atoms with van der Waals surface area (Å²) >= 11 is 0. The zero-order valence-electron chi connectivity index (χ0n) is 11.6. The van der Waals surface area contributed by atoms with Crippen molar-refractivity contribution >= 4 is 11.4 Å². The van der Waals surface area contributed by atoms with Gasteiger partial charge in [-0.15, -0.1) is 0 Å². The van der Waals surface area contributed by atoms with E-state index >= 15 is 0 Å². The van der Waals surface area contributed by atoms with Crippen LogP contribution in [-0.2, 0) is 0 Å². The lowest BCUT2D eigenvalue weighted by Crippen LogP contribution is -2.15. The van der Waals surface area contributed by atoms with E-state index in [0.29, 0.717) is 11.2 Å². The maximum Gasteiger partial charge on any atom is 0.256 e. The molecule has 0 radical (unpaired) electrons. The van der Waals surface area contributed by atoms with Crippen molar-refractivity contribution in [1.82, 2.24) is 9.38 Å². The average molecular weight is 284 g/mol. The summed E-state index contributed by atoms with van der Waals surface area (Å²) in [5.74, 6) is -0.794. The number of H-pyrrole nitrogens is 1. The van der Waals surface area contributed by atoms with Crippen LogP contribution in [0, 0.1) is 19.7 Å². The molecule has 2 aromatic heterocycles. The van der Waals surface area contributed by atoms with Crippen molar-refractivity contribution < 1.29 is 9.18 Å². The van der Waals surface area contributed by atoms with Crippen LogP contribution in [0.5, 0.6) is 0 Å². The number of hydrogen-bond acceptors (Lipinski definition) is 2. The highest BCUT2D eigenvalue weighted by Crippen LogP contribution is 2.17. The van der Waals surface area contributed by atoms with Gasteiger partial charge in [-0.1, -0.05) is 12.1 Å². The molecule has 0 aliphatic carbocycles. The third-order valence-electron chi connectivity index (χ3n) is 3.61. The Morgan fingerprint density at radius 2 is 1.95 bits per heavy atom. The molecule has 4 nitrogen and oxygen atoms in total. The number of carbonyl (C=O) groups excluding carboxylic acids is 1. The lowest BCUT2D eigenvalue weighted by atomic mass is 10.0. The zero-order valence-corrected chi connectivity index (χ0v) is 11.6. The number of halogens is 1. The van der Waals surface area contributed by atoms with Gasteiger partial charge in [-0.3, -0.25) is 14.0 Å². The van der Waals surface area contributed by atoms with Gasteiger partial charge in [-0.2, -0.15) is 0 Å².